The van der Waals surface area contributed by atoms with E-state index in [9.17, 15) is 0 Å². The maximum Gasteiger partial charge on any atom is 0.102 e. The molecule has 0 saturated carbocycles. The number of hydrogen-bond acceptors (Lipinski definition) is 3. The second-order valence-corrected chi connectivity index (χ2v) is 3.66. The third-order valence-corrected chi connectivity index (χ3v) is 2.53. The molecule has 2 heterocycles. The minimum absolute atomic E-state index is 0.996. The zero-order chi connectivity index (χ0) is 9.10. The van der Waals surface area contributed by atoms with Crippen molar-refractivity contribution in [3.8, 4) is 0 Å². The van der Waals surface area contributed by atoms with Crippen LogP contribution in [0.2, 0.25) is 0 Å². The summed E-state index contributed by atoms with van der Waals surface area (Å²) >= 11 is 0. The number of hydrogen-bond donors (Lipinski definition) is 2. The molecule has 2 aliphatic rings. The molecule has 72 valence electrons. The van der Waals surface area contributed by atoms with Crippen molar-refractivity contribution in [1.29, 1.82) is 0 Å². The molecule has 2 N–H and O–H groups in total. The molecule has 1 saturated heterocycles. The molecule has 0 aromatic heterocycles. The van der Waals surface area contributed by atoms with Crippen LogP contribution in [0.15, 0.2) is 23.5 Å². The van der Waals surface area contributed by atoms with Gasteiger partial charge < -0.3 is 15.5 Å². The molecule has 0 bridgehead atoms. The van der Waals surface area contributed by atoms with E-state index in [1.807, 2.05) is 0 Å². The summed E-state index contributed by atoms with van der Waals surface area (Å²) in [6.07, 6.45) is 4.39. The summed E-state index contributed by atoms with van der Waals surface area (Å²) in [5.74, 6) is 1.28. The number of nitrogens with one attached hydrogen (secondary N) is 2. The summed E-state index contributed by atoms with van der Waals surface area (Å²) in [4.78, 5) is 2.40. The van der Waals surface area contributed by atoms with Crippen LogP contribution in [-0.2, 0) is 0 Å². The summed E-state index contributed by atoms with van der Waals surface area (Å²) in [7, 11) is 0. The van der Waals surface area contributed by atoms with E-state index >= 15 is 0 Å². The lowest BCUT2D eigenvalue weighted by molar-refractivity contribution is 0.281. The minimum Gasteiger partial charge on any atom is -0.368 e. The van der Waals surface area contributed by atoms with E-state index in [2.05, 4.69) is 34.6 Å². The van der Waals surface area contributed by atoms with Gasteiger partial charge in [0.25, 0.3) is 0 Å². The van der Waals surface area contributed by atoms with Crippen molar-refractivity contribution in [3.63, 3.8) is 0 Å². The molecule has 2 aliphatic heterocycles. The van der Waals surface area contributed by atoms with E-state index in [1.54, 1.807) is 0 Å². The molecule has 0 aromatic rings. The zero-order valence-electron chi connectivity index (χ0n) is 8.14. The van der Waals surface area contributed by atoms with Gasteiger partial charge in [-0.25, -0.2) is 0 Å². The first-order valence-corrected chi connectivity index (χ1v) is 4.93. The Morgan fingerprint density at radius 2 is 2.00 bits per heavy atom. The molecule has 0 aromatic carbocycles. The maximum absolute atomic E-state index is 3.43. The summed E-state index contributed by atoms with van der Waals surface area (Å²) in [5.41, 5.74) is 1.40. The van der Waals surface area contributed by atoms with Crippen LogP contribution in [0, 0.1) is 0 Å². The van der Waals surface area contributed by atoms with E-state index in [0.717, 1.165) is 32.7 Å². The van der Waals surface area contributed by atoms with Crippen LogP contribution in [-0.4, -0.2) is 37.6 Å². The van der Waals surface area contributed by atoms with Crippen LogP contribution < -0.4 is 10.6 Å². The standard InChI is InChI=1S/C10H17N3/c1-9-2-3-10(12-8-9)13-6-4-11-5-7-13/h2-3,11-12H,4-8H2,1H3. The molecule has 0 spiro atoms. The van der Waals surface area contributed by atoms with Crippen molar-refractivity contribution in [1.82, 2.24) is 15.5 Å². The van der Waals surface area contributed by atoms with Gasteiger partial charge in [-0.3, -0.25) is 0 Å². The first-order valence-electron chi connectivity index (χ1n) is 4.93. The molecular weight excluding hydrogens is 162 g/mol. The highest BCUT2D eigenvalue weighted by atomic mass is 15.3. The Labute approximate surface area is 79.5 Å². The highest BCUT2D eigenvalue weighted by molar-refractivity contribution is 5.22. The lowest BCUT2D eigenvalue weighted by Crippen LogP contribution is -2.46. The van der Waals surface area contributed by atoms with Gasteiger partial charge in [0, 0.05) is 32.7 Å². The largest absolute Gasteiger partial charge is 0.368 e. The normalized spacial score (nSPS) is 23.3. The molecule has 3 heteroatoms. The second-order valence-electron chi connectivity index (χ2n) is 3.66. The van der Waals surface area contributed by atoms with Crippen LogP contribution in [0.25, 0.3) is 0 Å². The Kier molecular flexibility index (Phi) is 2.54. The SMILES string of the molecule is CC1=CC=C(N2CCNCC2)NC1. The Balaban J connectivity index is 1.99. The van der Waals surface area contributed by atoms with Gasteiger partial charge in [0.15, 0.2) is 0 Å². The number of allylic oxidation sites excluding steroid dienone is 2. The average molecular weight is 179 g/mol. The molecule has 13 heavy (non-hydrogen) atoms. The van der Waals surface area contributed by atoms with E-state index < -0.39 is 0 Å². The van der Waals surface area contributed by atoms with Gasteiger partial charge in [-0.1, -0.05) is 11.6 Å². The van der Waals surface area contributed by atoms with Crippen molar-refractivity contribution in [2.45, 2.75) is 6.92 Å². The van der Waals surface area contributed by atoms with E-state index in [-0.39, 0.29) is 0 Å². The van der Waals surface area contributed by atoms with Gasteiger partial charge in [0.1, 0.15) is 5.82 Å². The summed E-state index contributed by atoms with van der Waals surface area (Å²) in [6, 6.07) is 0. The van der Waals surface area contributed by atoms with Crippen molar-refractivity contribution >= 4 is 0 Å². The number of rotatable bonds is 1. The predicted molar refractivity (Wildman–Crippen MR) is 54.3 cm³/mol. The lowest BCUT2D eigenvalue weighted by atomic mass is 10.2. The van der Waals surface area contributed by atoms with Gasteiger partial charge in [-0.05, 0) is 13.0 Å². The van der Waals surface area contributed by atoms with Crippen LogP contribution in [0.4, 0.5) is 0 Å². The van der Waals surface area contributed by atoms with Crippen LogP contribution in [0.3, 0.4) is 0 Å². The van der Waals surface area contributed by atoms with E-state index in [4.69, 9.17) is 0 Å². The topological polar surface area (TPSA) is 27.3 Å². The van der Waals surface area contributed by atoms with Crippen molar-refractivity contribution < 1.29 is 0 Å². The Hall–Kier alpha value is -0.960. The highest BCUT2D eigenvalue weighted by Crippen LogP contribution is 2.08. The Morgan fingerprint density at radius 3 is 2.62 bits per heavy atom. The van der Waals surface area contributed by atoms with Crippen LogP contribution in [0.5, 0.6) is 0 Å². The maximum atomic E-state index is 3.43. The zero-order valence-corrected chi connectivity index (χ0v) is 8.14. The van der Waals surface area contributed by atoms with Crippen molar-refractivity contribution in [2.24, 2.45) is 0 Å². The monoisotopic (exact) mass is 179 g/mol. The minimum atomic E-state index is 0.996. The quantitative estimate of drug-likeness (QED) is 0.605. The summed E-state index contributed by atoms with van der Waals surface area (Å²) in [5, 5.41) is 6.78. The molecule has 1 fully saturated rings. The fraction of sp³-hybridized carbons (Fsp3) is 0.600. The number of piperazine rings is 1. The molecular formula is C10H17N3. The Morgan fingerprint density at radius 1 is 1.23 bits per heavy atom. The molecule has 0 unspecified atom stereocenters. The summed E-state index contributed by atoms with van der Waals surface area (Å²) in [6.45, 7) is 7.58. The Bertz CT molecular complexity index is 237. The van der Waals surface area contributed by atoms with Crippen molar-refractivity contribution in [2.75, 3.05) is 32.7 Å². The van der Waals surface area contributed by atoms with E-state index in [1.165, 1.54) is 11.4 Å². The van der Waals surface area contributed by atoms with Gasteiger partial charge in [-0.15, -0.1) is 0 Å². The molecule has 0 amide bonds. The van der Waals surface area contributed by atoms with Crippen molar-refractivity contribution in [3.05, 3.63) is 23.5 Å². The summed E-state index contributed by atoms with van der Waals surface area (Å²) < 4.78 is 0. The predicted octanol–water partition coefficient (Wildman–Crippen LogP) is 0.283. The fourth-order valence-corrected chi connectivity index (χ4v) is 1.69. The van der Waals surface area contributed by atoms with Gasteiger partial charge in [0.2, 0.25) is 0 Å². The van der Waals surface area contributed by atoms with Crippen LogP contribution >= 0.6 is 0 Å². The average Bonchev–Trinajstić information content (AvgIpc) is 2.20. The lowest BCUT2D eigenvalue weighted by Gasteiger charge is -2.33. The second kappa shape index (κ2) is 3.83. The van der Waals surface area contributed by atoms with E-state index in [0.29, 0.717) is 0 Å². The number of nitrogens with zero attached hydrogens (tertiary/aromatic N) is 1. The number of dihydropyridines is 1. The molecule has 3 nitrogen and oxygen atoms in total. The molecule has 2 rings (SSSR count). The molecule has 0 aliphatic carbocycles. The fourth-order valence-electron chi connectivity index (χ4n) is 1.69. The van der Waals surface area contributed by atoms with Crippen LogP contribution in [0.1, 0.15) is 6.92 Å². The first-order chi connectivity index (χ1) is 6.36. The van der Waals surface area contributed by atoms with Gasteiger partial charge in [-0.2, -0.15) is 0 Å². The third kappa shape index (κ3) is 2.04. The van der Waals surface area contributed by atoms with Gasteiger partial charge >= 0.3 is 0 Å². The first kappa shape index (κ1) is 8.63. The smallest absolute Gasteiger partial charge is 0.102 e. The third-order valence-electron chi connectivity index (χ3n) is 2.53. The highest BCUT2D eigenvalue weighted by Gasteiger charge is 2.13. The molecule has 0 radical (unpaired) electrons. The molecule has 0 atom stereocenters. The van der Waals surface area contributed by atoms with Gasteiger partial charge in [0.05, 0.1) is 0 Å².